The zero-order chi connectivity index (χ0) is 14.7. The van der Waals surface area contributed by atoms with Crippen molar-refractivity contribution in [1.29, 1.82) is 0 Å². The van der Waals surface area contributed by atoms with Crippen LogP contribution in [0.2, 0.25) is 0 Å². The molecule has 0 N–H and O–H groups in total. The summed E-state index contributed by atoms with van der Waals surface area (Å²) in [6.45, 7) is 2.14. The average molecular weight is 297 g/mol. The zero-order valence-electron chi connectivity index (χ0n) is 11.7. The molecule has 0 saturated carbocycles. The number of pyridine rings is 1. The molecule has 0 atom stereocenters. The van der Waals surface area contributed by atoms with Gasteiger partial charge in [0, 0.05) is 22.5 Å². The molecule has 0 spiro atoms. The quantitative estimate of drug-likeness (QED) is 0.665. The third kappa shape index (κ3) is 3.11. The van der Waals surface area contributed by atoms with E-state index in [1.807, 2.05) is 42.5 Å². The van der Waals surface area contributed by atoms with Crippen LogP contribution in [0.25, 0.3) is 10.9 Å². The number of thiophene rings is 1. The first-order chi connectivity index (χ1) is 10.3. The van der Waals surface area contributed by atoms with Crippen LogP contribution in [-0.4, -0.2) is 17.4 Å². The first-order valence-corrected chi connectivity index (χ1v) is 7.67. The fraction of sp³-hybridized carbons (Fsp3) is 0.176. The number of fused-ring (bicyclic) bond motifs is 1. The highest BCUT2D eigenvalue weighted by atomic mass is 32.1. The summed E-state index contributed by atoms with van der Waals surface area (Å²) in [5, 5.41) is 1.06. The summed E-state index contributed by atoms with van der Waals surface area (Å²) in [6.07, 6.45) is 2.70. The Hall–Kier alpha value is -2.20. The molecule has 2 heterocycles. The SMILES string of the molecule is CCc1ccc(C(=O)COc2ccc3cccnc3c2)s1. The maximum Gasteiger partial charge on any atom is 0.210 e. The molecule has 0 amide bonds. The smallest absolute Gasteiger partial charge is 0.210 e. The highest BCUT2D eigenvalue weighted by Crippen LogP contribution is 2.20. The molecule has 0 aliphatic heterocycles. The predicted octanol–water partition coefficient (Wildman–Crippen LogP) is 4.12. The van der Waals surface area contributed by atoms with Crippen molar-refractivity contribution in [2.75, 3.05) is 6.61 Å². The molecule has 0 radical (unpaired) electrons. The number of aromatic nitrogens is 1. The maximum absolute atomic E-state index is 12.1. The molecule has 0 bridgehead atoms. The lowest BCUT2D eigenvalue weighted by Gasteiger charge is -2.05. The van der Waals surface area contributed by atoms with Crippen molar-refractivity contribution >= 4 is 28.0 Å². The molecule has 3 nitrogen and oxygen atoms in total. The van der Waals surface area contributed by atoms with Gasteiger partial charge in [-0.15, -0.1) is 11.3 Å². The summed E-state index contributed by atoms with van der Waals surface area (Å²) in [5.41, 5.74) is 0.867. The van der Waals surface area contributed by atoms with E-state index in [1.54, 1.807) is 6.20 Å². The Morgan fingerprint density at radius 2 is 2.14 bits per heavy atom. The first-order valence-electron chi connectivity index (χ1n) is 6.86. The third-order valence-corrected chi connectivity index (χ3v) is 4.50. The van der Waals surface area contributed by atoms with Crippen molar-refractivity contribution in [2.24, 2.45) is 0 Å². The van der Waals surface area contributed by atoms with Crippen molar-refractivity contribution in [3.8, 4) is 5.75 Å². The largest absolute Gasteiger partial charge is 0.485 e. The summed E-state index contributed by atoms with van der Waals surface area (Å²) in [4.78, 5) is 18.3. The molecule has 21 heavy (non-hydrogen) atoms. The summed E-state index contributed by atoms with van der Waals surface area (Å²) in [7, 11) is 0. The minimum atomic E-state index is 0.0146. The molecular formula is C17H15NO2S. The van der Waals surface area contributed by atoms with E-state index in [0.717, 1.165) is 22.2 Å². The number of ketones is 1. The number of aryl methyl sites for hydroxylation is 1. The average Bonchev–Trinajstić information content (AvgIpc) is 3.01. The Bertz CT molecular complexity index is 779. The fourth-order valence-corrected chi connectivity index (χ4v) is 2.95. The van der Waals surface area contributed by atoms with Gasteiger partial charge in [-0.3, -0.25) is 9.78 Å². The lowest BCUT2D eigenvalue weighted by molar-refractivity contribution is 0.0925. The highest BCUT2D eigenvalue weighted by Gasteiger charge is 2.10. The Labute approximate surface area is 127 Å². The van der Waals surface area contributed by atoms with E-state index in [2.05, 4.69) is 11.9 Å². The number of Topliss-reactive ketones (excluding diaryl/α,β-unsaturated/α-hetero) is 1. The molecule has 1 aromatic carbocycles. The van der Waals surface area contributed by atoms with Gasteiger partial charge in [-0.25, -0.2) is 0 Å². The van der Waals surface area contributed by atoms with Gasteiger partial charge >= 0.3 is 0 Å². The molecule has 3 rings (SSSR count). The van der Waals surface area contributed by atoms with Crippen molar-refractivity contribution in [3.63, 3.8) is 0 Å². The van der Waals surface area contributed by atoms with E-state index in [4.69, 9.17) is 4.74 Å². The van der Waals surface area contributed by atoms with Crippen LogP contribution in [0, 0.1) is 0 Å². The molecule has 106 valence electrons. The van der Waals surface area contributed by atoms with Crippen LogP contribution < -0.4 is 4.74 Å². The topological polar surface area (TPSA) is 39.2 Å². The number of carbonyl (C=O) groups is 1. The Morgan fingerprint density at radius 1 is 1.24 bits per heavy atom. The number of hydrogen-bond acceptors (Lipinski definition) is 4. The van der Waals surface area contributed by atoms with E-state index in [-0.39, 0.29) is 12.4 Å². The summed E-state index contributed by atoms with van der Waals surface area (Å²) >= 11 is 1.54. The fourth-order valence-electron chi connectivity index (χ4n) is 2.07. The van der Waals surface area contributed by atoms with Crippen LogP contribution in [-0.2, 0) is 6.42 Å². The molecule has 4 heteroatoms. The van der Waals surface area contributed by atoms with Crippen molar-refractivity contribution in [2.45, 2.75) is 13.3 Å². The number of ether oxygens (including phenoxy) is 1. The minimum absolute atomic E-state index is 0.0146. The molecule has 0 fully saturated rings. The maximum atomic E-state index is 12.1. The number of carbonyl (C=O) groups excluding carboxylic acids is 1. The van der Waals surface area contributed by atoms with Gasteiger partial charge in [0.25, 0.3) is 0 Å². The van der Waals surface area contributed by atoms with Gasteiger partial charge in [-0.05, 0) is 36.8 Å². The van der Waals surface area contributed by atoms with Gasteiger partial charge in [0.15, 0.2) is 6.61 Å². The van der Waals surface area contributed by atoms with E-state index in [0.29, 0.717) is 5.75 Å². The molecule has 3 aromatic rings. The molecule has 0 unspecified atom stereocenters. The van der Waals surface area contributed by atoms with Crippen LogP contribution >= 0.6 is 11.3 Å². The second kappa shape index (κ2) is 6.06. The number of rotatable bonds is 5. The van der Waals surface area contributed by atoms with Crippen LogP contribution in [0.4, 0.5) is 0 Å². The standard InChI is InChI=1S/C17H15NO2S/c1-2-14-7-8-17(21-14)16(19)11-20-13-6-5-12-4-3-9-18-15(12)10-13/h3-10H,2,11H2,1H3. The Balaban J connectivity index is 1.69. The van der Waals surface area contributed by atoms with Gasteiger partial charge in [-0.2, -0.15) is 0 Å². The van der Waals surface area contributed by atoms with Gasteiger partial charge in [0.2, 0.25) is 5.78 Å². The van der Waals surface area contributed by atoms with Crippen LogP contribution in [0.5, 0.6) is 5.75 Å². The predicted molar refractivity (Wildman–Crippen MR) is 85.3 cm³/mol. The number of hydrogen-bond donors (Lipinski definition) is 0. The number of benzene rings is 1. The zero-order valence-corrected chi connectivity index (χ0v) is 12.5. The highest BCUT2D eigenvalue weighted by molar-refractivity contribution is 7.14. The summed E-state index contributed by atoms with van der Waals surface area (Å²) < 4.78 is 5.59. The van der Waals surface area contributed by atoms with Gasteiger partial charge < -0.3 is 4.74 Å². The lowest BCUT2D eigenvalue weighted by Crippen LogP contribution is -2.10. The van der Waals surface area contributed by atoms with E-state index >= 15 is 0 Å². The molecule has 0 aliphatic rings. The van der Waals surface area contributed by atoms with Crippen LogP contribution in [0.15, 0.2) is 48.7 Å². The third-order valence-electron chi connectivity index (χ3n) is 3.23. The van der Waals surface area contributed by atoms with E-state index < -0.39 is 0 Å². The van der Waals surface area contributed by atoms with E-state index in [1.165, 1.54) is 16.2 Å². The van der Waals surface area contributed by atoms with Gasteiger partial charge in [0.1, 0.15) is 5.75 Å². The van der Waals surface area contributed by atoms with Crippen LogP contribution in [0.1, 0.15) is 21.5 Å². The Kier molecular flexibility index (Phi) is 3.97. The van der Waals surface area contributed by atoms with Gasteiger partial charge in [-0.1, -0.05) is 13.0 Å². The second-order valence-electron chi connectivity index (χ2n) is 4.69. The molecule has 0 saturated heterocycles. The first kappa shape index (κ1) is 13.8. The monoisotopic (exact) mass is 297 g/mol. The molecule has 2 aromatic heterocycles. The summed E-state index contributed by atoms with van der Waals surface area (Å²) in [5.74, 6) is 0.683. The van der Waals surface area contributed by atoms with Gasteiger partial charge in [0.05, 0.1) is 10.4 Å². The van der Waals surface area contributed by atoms with E-state index in [9.17, 15) is 4.79 Å². The molecular weight excluding hydrogens is 282 g/mol. The minimum Gasteiger partial charge on any atom is -0.485 e. The summed E-state index contributed by atoms with van der Waals surface area (Å²) in [6, 6.07) is 13.4. The van der Waals surface area contributed by atoms with Crippen LogP contribution in [0.3, 0.4) is 0 Å². The number of nitrogens with zero attached hydrogens (tertiary/aromatic N) is 1. The second-order valence-corrected chi connectivity index (χ2v) is 5.86. The molecule has 0 aliphatic carbocycles. The van der Waals surface area contributed by atoms with Crippen molar-refractivity contribution < 1.29 is 9.53 Å². The Morgan fingerprint density at radius 3 is 2.95 bits per heavy atom. The van der Waals surface area contributed by atoms with Crippen molar-refractivity contribution in [3.05, 3.63) is 58.4 Å². The van der Waals surface area contributed by atoms with Crippen molar-refractivity contribution in [1.82, 2.24) is 4.98 Å². The lowest BCUT2D eigenvalue weighted by atomic mass is 10.2. The normalized spacial score (nSPS) is 10.7.